The average molecular weight is 418 g/mol. The maximum Gasteiger partial charge on any atom is 0.235 e. The van der Waals surface area contributed by atoms with Gasteiger partial charge in [-0.15, -0.1) is 10.2 Å². The van der Waals surface area contributed by atoms with Crippen LogP contribution in [0.4, 0.5) is 14.5 Å². The maximum atomic E-state index is 13.7. The Bertz CT molecular complexity index is 964. The Morgan fingerprint density at radius 1 is 1.14 bits per heavy atom. The third kappa shape index (κ3) is 4.34. The summed E-state index contributed by atoms with van der Waals surface area (Å²) >= 11 is 1.19. The Morgan fingerprint density at radius 3 is 2.59 bits per heavy atom. The number of nitrogens with zero attached hydrogens (tertiary/aromatic N) is 3. The van der Waals surface area contributed by atoms with Crippen LogP contribution < -0.4 is 5.32 Å². The highest BCUT2D eigenvalue weighted by Gasteiger charge is 2.25. The van der Waals surface area contributed by atoms with Gasteiger partial charge in [-0.05, 0) is 37.1 Å². The normalized spacial score (nSPS) is 14.8. The van der Waals surface area contributed by atoms with Crippen molar-refractivity contribution in [1.82, 2.24) is 14.8 Å². The number of thioether (sulfide) groups is 1. The van der Waals surface area contributed by atoms with Crippen LogP contribution in [0.5, 0.6) is 0 Å². The zero-order valence-corrected chi connectivity index (χ0v) is 16.4. The number of anilines is 1. The Morgan fingerprint density at radius 2 is 1.90 bits per heavy atom. The van der Waals surface area contributed by atoms with Gasteiger partial charge < -0.3 is 9.73 Å². The zero-order chi connectivity index (χ0) is 20.2. The molecule has 3 aromatic rings. The second-order valence-electron chi connectivity index (χ2n) is 6.88. The van der Waals surface area contributed by atoms with Crippen molar-refractivity contribution in [3.05, 3.63) is 48.2 Å². The van der Waals surface area contributed by atoms with Gasteiger partial charge in [0.15, 0.2) is 10.9 Å². The van der Waals surface area contributed by atoms with Crippen molar-refractivity contribution in [1.29, 1.82) is 0 Å². The SMILES string of the molecule is O=C(CSc1nnc(-c2ccco2)n1C1CCCCC1)Nc1c(F)cccc1F. The summed E-state index contributed by atoms with van der Waals surface area (Å²) in [6, 6.07) is 7.29. The van der Waals surface area contributed by atoms with Crippen LogP contribution in [0.15, 0.2) is 46.2 Å². The van der Waals surface area contributed by atoms with Gasteiger partial charge >= 0.3 is 0 Å². The molecule has 1 aliphatic carbocycles. The number of benzene rings is 1. The van der Waals surface area contributed by atoms with Crippen molar-refractivity contribution in [2.45, 2.75) is 43.3 Å². The minimum atomic E-state index is -0.811. The lowest BCUT2D eigenvalue weighted by molar-refractivity contribution is -0.113. The Hall–Kier alpha value is -2.68. The summed E-state index contributed by atoms with van der Waals surface area (Å²) in [5.41, 5.74) is -0.442. The van der Waals surface area contributed by atoms with Crippen LogP contribution in [0.3, 0.4) is 0 Å². The number of carbonyl (C=O) groups excluding carboxylic acids is 1. The molecule has 6 nitrogen and oxygen atoms in total. The first-order valence-electron chi connectivity index (χ1n) is 9.49. The Kier molecular flexibility index (Phi) is 5.94. The minimum Gasteiger partial charge on any atom is -0.461 e. The fraction of sp³-hybridized carbons (Fsp3) is 0.350. The van der Waals surface area contributed by atoms with Gasteiger partial charge in [-0.1, -0.05) is 37.1 Å². The lowest BCUT2D eigenvalue weighted by Gasteiger charge is -2.25. The summed E-state index contributed by atoms with van der Waals surface area (Å²) in [5.74, 6) is -0.936. The lowest BCUT2D eigenvalue weighted by atomic mass is 9.95. The number of aromatic nitrogens is 3. The summed E-state index contributed by atoms with van der Waals surface area (Å²) < 4.78 is 35.0. The summed E-state index contributed by atoms with van der Waals surface area (Å²) in [6.07, 6.45) is 7.04. The summed E-state index contributed by atoms with van der Waals surface area (Å²) in [6.45, 7) is 0. The molecule has 4 rings (SSSR count). The topological polar surface area (TPSA) is 73.0 Å². The number of carbonyl (C=O) groups is 1. The predicted octanol–water partition coefficient (Wildman–Crippen LogP) is 5.05. The highest BCUT2D eigenvalue weighted by molar-refractivity contribution is 7.99. The molecular formula is C20H20F2N4O2S. The van der Waals surface area contributed by atoms with E-state index in [1.165, 1.54) is 24.2 Å². The van der Waals surface area contributed by atoms with Crippen LogP contribution in [-0.4, -0.2) is 26.4 Å². The third-order valence-corrected chi connectivity index (χ3v) is 5.85. The first kappa shape index (κ1) is 19.6. The van der Waals surface area contributed by atoms with Gasteiger partial charge in [0.05, 0.1) is 12.0 Å². The molecule has 0 unspecified atom stereocenters. The van der Waals surface area contributed by atoms with Crippen molar-refractivity contribution >= 4 is 23.4 Å². The second-order valence-corrected chi connectivity index (χ2v) is 7.82. The highest BCUT2D eigenvalue weighted by Crippen LogP contribution is 2.35. The van der Waals surface area contributed by atoms with E-state index < -0.39 is 23.2 Å². The molecule has 0 spiro atoms. The van der Waals surface area contributed by atoms with E-state index in [2.05, 4.69) is 15.5 Å². The molecule has 0 radical (unpaired) electrons. The van der Waals surface area contributed by atoms with E-state index in [-0.39, 0.29) is 11.8 Å². The largest absolute Gasteiger partial charge is 0.461 e. The Balaban J connectivity index is 1.52. The molecule has 1 N–H and O–H groups in total. The first-order valence-corrected chi connectivity index (χ1v) is 10.5. The van der Waals surface area contributed by atoms with Gasteiger partial charge in [0.2, 0.25) is 11.7 Å². The van der Waals surface area contributed by atoms with Crippen molar-refractivity contribution in [2.24, 2.45) is 0 Å². The van der Waals surface area contributed by atoms with Gasteiger partial charge in [0.25, 0.3) is 0 Å². The third-order valence-electron chi connectivity index (χ3n) is 4.91. The lowest BCUT2D eigenvalue weighted by Crippen LogP contribution is -2.18. The smallest absolute Gasteiger partial charge is 0.235 e. The molecule has 0 atom stereocenters. The molecule has 1 fully saturated rings. The van der Waals surface area contributed by atoms with Gasteiger partial charge in [0.1, 0.15) is 17.3 Å². The predicted molar refractivity (Wildman–Crippen MR) is 106 cm³/mol. The monoisotopic (exact) mass is 418 g/mol. The van der Waals surface area contributed by atoms with Gasteiger partial charge in [0, 0.05) is 6.04 Å². The molecule has 2 heterocycles. The van der Waals surface area contributed by atoms with Gasteiger partial charge in [-0.25, -0.2) is 8.78 Å². The van der Waals surface area contributed by atoms with Crippen molar-refractivity contribution in [3.8, 4) is 11.6 Å². The van der Waals surface area contributed by atoms with E-state index in [1.54, 1.807) is 12.3 Å². The molecular weight excluding hydrogens is 398 g/mol. The number of para-hydroxylation sites is 1. The highest BCUT2D eigenvalue weighted by atomic mass is 32.2. The quantitative estimate of drug-likeness (QED) is 0.567. The molecule has 0 bridgehead atoms. The van der Waals surface area contributed by atoms with E-state index in [1.807, 2.05) is 10.6 Å². The zero-order valence-electron chi connectivity index (χ0n) is 15.6. The number of furan rings is 1. The number of hydrogen-bond acceptors (Lipinski definition) is 5. The van der Waals surface area contributed by atoms with Crippen molar-refractivity contribution in [3.63, 3.8) is 0 Å². The average Bonchev–Trinajstić information content (AvgIpc) is 3.39. The second kappa shape index (κ2) is 8.77. The first-order chi connectivity index (χ1) is 14.1. The van der Waals surface area contributed by atoms with Crippen molar-refractivity contribution in [2.75, 3.05) is 11.1 Å². The van der Waals surface area contributed by atoms with E-state index in [0.29, 0.717) is 16.7 Å². The number of halogens is 2. The molecule has 0 saturated heterocycles. The van der Waals surface area contributed by atoms with E-state index in [4.69, 9.17) is 4.42 Å². The van der Waals surface area contributed by atoms with Crippen LogP contribution in [-0.2, 0) is 4.79 Å². The Labute approximate surface area is 170 Å². The van der Waals surface area contributed by atoms with Crippen molar-refractivity contribution < 1.29 is 18.0 Å². The molecule has 1 aromatic carbocycles. The summed E-state index contributed by atoms with van der Waals surface area (Å²) in [5, 5.41) is 11.4. The molecule has 152 valence electrons. The fourth-order valence-corrected chi connectivity index (χ4v) is 4.35. The number of amides is 1. The maximum absolute atomic E-state index is 13.7. The minimum absolute atomic E-state index is 0.0449. The van der Waals surface area contributed by atoms with E-state index >= 15 is 0 Å². The standard InChI is InChI=1S/C20H20F2N4O2S/c21-14-8-4-9-15(22)18(14)23-17(27)12-29-20-25-24-19(16-10-5-11-28-16)26(20)13-6-2-1-3-7-13/h4-5,8-11,13H,1-3,6-7,12H2,(H,23,27). The van der Waals surface area contributed by atoms with Crippen LogP contribution >= 0.6 is 11.8 Å². The van der Waals surface area contributed by atoms with Gasteiger partial charge in [-0.2, -0.15) is 0 Å². The number of rotatable bonds is 6. The van der Waals surface area contributed by atoms with Crippen LogP contribution in [0, 0.1) is 11.6 Å². The number of nitrogens with one attached hydrogen (secondary N) is 1. The molecule has 29 heavy (non-hydrogen) atoms. The molecule has 9 heteroatoms. The van der Waals surface area contributed by atoms with Gasteiger partial charge in [-0.3, -0.25) is 9.36 Å². The van der Waals surface area contributed by atoms with E-state index in [0.717, 1.165) is 37.8 Å². The summed E-state index contributed by atoms with van der Waals surface area (Å²) in [7, 11) is 0. The molecule has 1 aliphatic rings. The molecule has 1 saturated carbocycles. The van der Waals surface area contributed by atoms with E-state index in [9.17, 15) is 13.6 Å². The molecule has 2 aromatic heterocycles. The van der Waals surface area contributed by atoms with Crippen LogP contribution in [0.2, 0.25) is 0 Å². The van der Waals surface area contributed by atoms with Crippen LogP contribution in [0.25, 0.3) is 11.6 Å². The number of hydrogen-bond donors (Lipinski definition) is 1. The molecule has 0 aliphatic heterocycles. The van der Waals surface area contributed by atoms with Crippen LogP contribution in [0.1, 0.15) is 38.1 Å². The molecule has 1 amide bonds. The summed E-state index contributed by atoms with van der Waals surface area (Å²) in [4.78, 5) is 12.3. The fourth-order valence-electron chi connectivity index (χ4n) is 3.54.